The van der Waals surface area contributed by atoms with Crippen molar-refractivity contribution in [1.82, 2.24) is 5.32 Å². The van der Waals surface area contributed by atoms with Gasteiger partial charge in [-0.1, -0.05) is 60.7 Å². The number of aryl methyl sites for hydroxylation is 1. The quantitative estimate of drug-likeness (QED) is 0.669. The normalized spacial score (nSPS) is 13.2. The molecule has 0 saturated carbocycles. The summed E-state index contributed by atoms with van der Waals surface area (Å²) in [6.07, 6.45) is 1.11. The van der Waals surface area contributed by atoms with E-state index >= 15 is 0 Å². The highest BCUT2D eigenvalue weighted by atomic mass is 16.7. The molecule has 1 N–H and O–H groups in total. The maximum atomic E-state index is 12.4. The molecule has 0 spiro atoms. The van der Waals surface area contributed by atoms with Crippen molar-refractivity contribution in [3.05, 3.63) is 83.9 Å². The van der Waals surface area contributed by atoms with Gasteiger partial charge in [-0.25, -0.2) is 0 Å². The minimum atomic E-state index is -0.0333. The summed E-state index contributed by atoms with van der Waals surface area (Å²) in [5, 5.41) is 3.08. The molecule has 142 valence electrons. The number of fused-ring (bicyclic) bond motifs is 1. The molecule has 0 aromatic heterocycles. The summed E-state index contributed by atoms with van der Waals surface area (Å²) >= 11 is 0. The number of hydrogen-bond donors (Lipinski definition) is 1. The first-order valence-electron chi connectivity index (χ1n) is 9.52. The van der Waals surface area contributed by atoms with Crippen LogP contribution in [0.5, 0.6) is 11.5 Å². The second kappa shape index (κ2) is 8.17. The SMILES string of the molecule is CC(NC(=O)CCc1ccc2c(c1)OCO2)c1ccc(-c2ccccc2)cc1. The standard InChI is InChI=1S/C24H23NO3/c1-17(19-9-11-21(12-10-19)20-5-3-2-4-6-20)25-24(26)14-8-18-7-13-22-23(15-18)28-16-27-22/h2-7,9-13,15,17H,8,14,16H2,1H3,(H,25,26). The van der Waals surface area contributed by atoms with E-state index in [1.807, 2.05) is 43.3 Å². The number of nitrogens with one attached hydrogen (secondary N) is 1. The first-order chi connectivity index (χ1) is 13.7. The van der Waals surface area contributed by atoms with E-state index < -0.39 is 0 Å². The zero-order chi connectivity index (χ0) is 19.3. The van der Waals surface area contributed by atoms with E-state index in [0.29, 0.717) is 12.8 Å². The van der Waals surface area contributed by atoms with E-state index in [2.05, 4.69) is 41.7 Å². The van der Waals surface area contributed by atoms with Crippen LogP contribution in [0, 0.1) is 0 Å². The summed E-state index contributed by atoms with van der Waals surface area (Å²) in [7, 11) is 0. The van der Waals surface area contributed by atoms with Crippen molar-refractivity contribution in [3.8, 4) is 22.6 Å². The fraction of sp³-hybridized carbons (Fsp3) is 0.208. The van der Waals surface area contributed by atoms with E-state index in [1.165, 1.54) is 11.1 Å². The summed E-state index contributed by atoms with van der Waals surface area (Å²) in [6.45, 7) is 2.27. The molecule has 1 aliphatic heterocycles. The van der Waals surface area contributed by atoms with Crippen molar-refractivity contribution in [2.24, 2.45) is 0 Å². The van der Waals surface area contributed by atoms with Crippen molar-refractivity contribution < 1.29 is 14.3 Å². The zero-order valence-electron chi connectivity index (χ0n) is 15.9. The van der Waals surface area contributed by atoms with Crippen LogP contribution in [0.2, 0.25) is 0 Å². The number of carbonyl (C=O) groups excluding carboxylic acids is 1. The Balaban J connectivity index is 1.31. The molecule has 3 aromatic rings. The molecule has 4 heteroatoms. The lowest BCUT2D eigenvalue weighted by atomic mass is 10.0. The summed E-state index contributed by atoms with van der Waals surface area (Å²) in [4.78, 5) is 12.4. The van der Waals surface area contributed by atoms with Gasteiger partial charge in [-0.05, 0) is 47.7 Å². The lowest BCUT2D eigenvalue weighted by molar-refractivity contribution is -0.121. The second-order valence-corrected chi connectivity index (χ2v) is 6.96. The minimum absolute atomic E-state index is 0.0333. The molecule has 3 aromatic carbocycles. The van der Waals surface area contributed by atoms with Gasteiger partial charge in [-0.2, -0.15) is 0 Å². The topological polar surface area (TPSA) is 47.6 Å². The molecule has 4 rings (SSSR count). The smallest absolute Gasteiger partial charge is 0.231 e. The Bertz CT molecular complexity index is 951. The fourth-order valence-electron chi connectivity index (χ4n) is 3.35. The number of hydrogen-bond acceptors (Lipinski definition) is 3. The lowest BCUT2D eigenvalue weighted by Crippen LogP contribution is -2.26. The fourth-order valence-corrected chi connectivity index (χ4v) is 3.35. The van der Waals surface area contributed by atoms with Gasteiger partial charge in [0.1, 0.15) is 0 Å². The van der Waals surface area contributed by atoms with Crippen molar-refractivity contribution in [3.63, 3.8) is 0 Å². The average Bonchev–Trinajstić information content (AvgIpc) is 3.21. The van der Waals surface area contributed by atoms with Crippen molar-refractivity contribution >= 4 is 5.91 Å². The summed E-state index contributed by atoms with van der Waals surface area (Å²) in [6, 6.07) is 24.4. The van der Waals surface area contributed by atoms with Gasteiger partial charge in [0.2, 0.25) is 12.7 Å². The Morgan fingerprint density at radius 1 is 0.929 bits per heavy atom. The highest BCUT2D eigenvalue weighted by Crippen LogP contribution is 2.32. The Hall–Kier alpha value is -3.27. The van der Waals surface area contributed by atoms with Gasteiger partial charge in [-0.15, -0.1) is 0 Å². The highest BCUT2D eigenvalue weighted by Gasteiger charge is 2.14. The molecule has 1 aliphatic rings. The second-order valence-electron chi connectivity index (χ2n) is 6.96. The first-order valence-corrected chi connectivity index (χ1v) is 9.52. The molecule has 1 unspecified atom stereocenters. The van der Waals surface area contributed by atoms with E-state index in [0.717, 1.165) is 22.6 Å². The Kier molecular flexibility index (Phi) is 5.29. The molecule has 1 amide bonds. The maximum Gasteiger partial charge on any atom is 0.231 e. The van der Waals surface area contributed by atoms with Gasteiger partial charge in [0.25, 0.3) is 0 Å². The van der Waals surface area contributed by atoms with E-state index in [-0.39, 0.29) is 18.7 Å². The van der Waals surface area contributed by atoms with Gasteiger partial charge in [0, 0.05) is 6.42 Å². The third kappa shape index (κ3) is 4.17. The van der Waals surface area contributed by atoms with Crippen LogP contribution in [0.25, 0.3) is 11.1 Å². The van der Waals surface area contributed by atoms with E-state index in [1.54, 1.807) is 0 Å². The molecular formula is C24H23NO3. The summed E-state index contributed by atoms with van der Waals surface area (Å²) < 4.78 is 10.7. The number of ether oxygens (including phenoxy) is 2. The summed E-state index contributed by atoms with van der Waals surface area (Å²) in [5.74, 6) is 1.56. The van der Waals surface area contributed by atoms with Crippen molar-refractivity contribution in [2.45, 2.75) is 25.8 Å². The number of carbonyl (C=O) groups is 1. The van der Waals surface area contributed by atoms with Crippen LogP contribution in [0.1, 0.15) is 30.5 Å². The molecule has 0 bridgehead atoms. The van der Waals surface area contributed by atoms with Crippen LogP contribution in [0.4, 0.5) is 0 Å². The lowest BCUT2D eigenvalue weighted by Gasteiger charge is -2.15. The molecular weight excluding hydrogens is 350 g/mol. The van der Waals surface area contributed by atoms with Gasteiger partial charge < -0.3 is 14.8 Å². The predicted molar refractivity (Wildman–Crippen MR) is 109 cm³/mol. The van der Waals surface area contributed by atoms with Crippen LogP contribution in [-0.4, -0.2) is 12.7 Å². The number of amides is 1. The van der Waals surface area contributed by atoms with Crippen molar-refractivity contribution in [1.29, 1.82) is 0 Å². The molecule has 4 nitrogen and oxygen atoms in total. The predicted octanol–water partition coefficient (Wildman–Crippen LogP) is 4.89. The van der Waals surface area contributed by atoms with Gasteiger partial charge in [0.05, 0.1) is 6.04 Å². The maximum absolute atomic E-state index is 12.4. The molecule has 1 atom stereocenters. The third-order valence-corrected chi connectivity index (χ3v) is 4.97. The number of rotatable bonds is 6. The number of benzene rings is 3. The highest BCUT2D eigenvalue weighted by molar-refractivity contribution is 5.76. The van der Waals surface area contributed by atoms with Gasteiger partial charge >= 0.3 is 0 Å². The largest absolute Gasteiger partial charge is 0.454 e. The molecule has 0 aliphatic carbocycles. The first kappa shape index (κ1) is 18.1. The molecule has 28 heavy (non-hydrogen) atoms. The van der Waals surface area contributed by atoms with E-state index in [4.69, 9.17) is 9.47 Å². The average molecular weight is 373 g/mol. The molecule has 1 heterocycles. The Labute approximate surface area is 165 Å². The van der Waals surface area contributed by atoms with Crippen LogP contribution in [0.15, 0.2) is 72.8 Å². The molecule has 0 radical (unpaired) electrons. The van der Waals surface area contributed by atoms with Crippen LogP contribution in [-0.2, 0) is 11.2 Å². The van der Waals surface area contributed by atoms with Crippen molar-refractivity contribution in [2.75, 3.05) is 6.79 Å². The monoisotopic (exact) mass is 373 g/mol. The Morgan fingerprint density at radius 2 is 1.64 bits per heavy atom. The third-order valence-electron chi connectivity index (χ3n) is 4.97. The van der Waals surface area contributed by atoms with Gasteiger partial charge in [0.15, 0.2) is 11.5 Å². The molecule has 0 fully saturated rings. The zero-order valence-corrected chi connectivity index (χ0v) is 15.9. The minimum Gasteiger partial charge on any atom is -0.454 e. The van der Waals surface area contributed by atoms with Crippen LogP contribution in [0.3, 0.4) is 0 Å². The summed E-state index contributed by atoms with van der Waals surface area (Å²) in [5.41, 5.74) is 4.52. The Morgan fingerprint density at radius 3 is 2.43 bits per heavy atom. The van der Waals surface area contributed by atoms with Gasteiger partial charge in [-0.3, -0.25) is 4.79 Å². The van der Waals surface area contributed by atoms with Crippen LogP contribution < -0.4 is 14.8 Å². The van der Waals surface area contributed by atoms with Crippen LogP contribution >= 0.6 is 0 Å². The van der Waals surface area contributed by atoms with E-state index in [9.17, 15) is 4.79 Å². The molecule has 0 saturated heterocycles.